The Bertz CT molecular complexity index is 1840. The maximum Gasteiger partial charge on any atom is 0.417 e. The van der Waals surface area contributed by atoms with Gasteiger partial charge >= 0.3 is 6.09 Å². The van der Waals surface area contributed by atoms with Crippen molar-refractivity contribution in [3.05, 3.63) is 70.7 Å². The number of carbonyl (C=O) groups excluding carboxylic acids is 2. The van der Waals surface area contributed by atoms with Crippen molar-refractivity contribution in [3.8, 4) is 11.1 Å². The smallest absolute Gasteiger partial charge is 0.417 e. The third-order valence-corrected chi connectivity index (χ3v) is 8.64. The van der Waals surface area contributed by atoms with E-state index in [1.807, 2.05) is 44.4 Å². The van der Waals surface area contributed by atoms with Gasteiger partial charge in [-0.15, -0.1) is 0 Å². The predicted octanol–water partition coefficient (Wildman–Crippen LogP) is 5.83. The molecule has 240 valence electrons. The Morgan fingerprint density at radius 3 is 2.67 bits per heavy atom. The number of anilines is 2. The van der Waals surface area contributed by atoms with Crippen LogP contribution < -0.4 is 5.32 Å². The summed E-state index contributed by atoms with van der Waals surface area (Å²) in [5, 5.41) is 3.44. The van der Waals surface area contributed by atoms with Gasteiger partial charge in [-0.2, -0.15) is 0 Å². The van der Waals surface area contributed by atoms with Gasteiger partial charge in [-0.1, -0.05) is 24.3 Å². The monoisotopic (exact) mass is 624 g/mol. The van der Waals surface area contributed by atoms with Gasteiger partial charge in [-0.25, -0.2) is 19.7 Å². The molecule has 5 heterocycles. The third-order valence-electron chi connectivity index (χ3n) is 8.64. The van der Waals surface area contributed by atoms with Gasteiger partial charge in [-0.3, -0.25) is 4.79 Å². The normalized spacial score (nSPS) is 17.9. The molecule has 11 heteroatoms. The molecule has 1 N–H and O–H groups in total. The highest BCUT2D eigenvalue weighted by Gasteiger charge is 2.39. The summed E-state index contributed by atoms with van der Waals surface area (Å²) in [5.74, 6) is 1.41. The summed E-state index contributed by atoms with van der Waals surface area (Å²) < 4.78 is 19.2. The summed E-state index contributed by atoms with van der Waals surface area (Å²) in [7, 11) is 4.05. The molecule has 2 aromatic heterocycles. The van der Waals surface area contributed by atoms with Gasteiger partial charge in [0.1, 0.15) is 23.9 Å². The number of rotatable bonds is 6. The number of amides is 2. The van der Waals surface area contributed by atoms with Crippen LogP contribution in [0.3, 0.4) is 0 Å². The van der Waals surface area contributed by atoms with Gasteiger partial charge in [0.2, 0.25) is 0 Å². The van der Waals surface area contributed by atoms with Gasteiger partial charge in [0.05, 0.1) is 47.7 Å². The number of nitrogens with zero attached hydrogens (tertiary/aromatic N) is 5. The molecule has 2 amide bonds. The largest absolute Gasteiger partial charge is 0.443 e. The lowest BCUT2D eigenvalue weighted by atomic mass is 9.94. The Labute approximate surface area is 268 Å². The second kappa shape index (κ2) is 11.8. The van der Waals surface area contributed by atoms with Gasteiger partial charge in [0.25, 0.3) is 5.91 Å². The Morgan fingerprint density at radius 1 is 1.07 bits per heavy atom. The van der Waals surface area contributed by atoms with Crippen LogP contribution in [0.25, 0.3) is 22.2 Å². The fourth-order valence-corrected chi connectivity index (χ4v) is 6.66. The van der Waals surface area contributed by atoms with E-state index in [1.54, 1.807) is 20.8 Å². The second-order valence-electron chi connectivity index (χ2n) is 13.4. The zero-order chi connectivity index (χ0) is 32.2. The second-order valence-corrected chi connectivity index (χ2v) is 13.4. The van der Waals surface area contributed by atoms with Crippen molar-refractivity contribution in [2.75, 3.05) is 39.2 Å². The number of imidazole rings is 1. The molecule has 0 bridgehead atoms. The molecule has 46 heavy (non-hydrogen) atoms. The molecule has 0 spiro atoms. The molecular formula is C35H40N6O5. The highest BCUT2D eigenvalue weighted by Crippen LogP contribution is 2.41. The summed E-state index contributed by atoms with van der Waals surface area (Å²) >= 11 is 0. The average Bonchev–Trinajstić information content (AvgIpc) is 3.74. The van der Waals surface area contributed by atoms with E-state index < -0.39 is 17.6 Å². The first kappa shape index (κ1) is 30.3. The van der Waals surface area contributed by atoms with E-state index in [2.05, 4.69) is 26.9 Å². The molecule has 1 fully saturated rings. The first-order chi connectivity index (χ1) is 22.1. The Kier molecular flexibility index (Phi) is 7.78. The number of para-hydroxylation sites is 1. The minimum absolute atomic E-state index is 0.0916. The van der Waals surface area contributed by atoms with E-state index in [0.717, 1.165) is 52.3 Å². The van der Waals surface area contributed by atoms with Crippen LogP contribution in [0.2, 0.25) is 0 Å². The Balaban J connectivity index is 1.33. The van der Waals surface area contributed by atoms with Crippen molar-refractivity contribution in [3.63, 3.8) is 0 Å². The number of hydrogen-bond acceptors (Lipinski definition) is 9. The van der Waals surface area contributed by atoms with Crippen molar-refractivity contribution in [2.24, 2.45) is 0 Å². The van der Waals surface area contributed by atoms with Gasteiger partial charge in [-0.05, 0) is 76.2 Å². The van der Waals surface area contributed by atoms with Gasteiger partial charge in [0, 0.05) is 31.2 Å². The number of benzene rings is 2. The number of carbonyl (C=O) groups is 2. The number of hydrogen-bond donors (Lipinski definition) is 1. The van der Waals surface area contributed by atoms with Crippen molar-refractivity contribution in [1.82, 2.24) is 24.3 Å². The zero-order valence-corrected chi connectivity index (χ0v) is 27.1. The summed E-state index contributed by atoms with van der Waals surface area (Å²) in [4.78, 5) is 40.6. The number of ether oxygens (including phenoxy) is 3. The summed E-state index contributed by atoms with van der Waals surface area (Å²) in [6.07, 6.45) is 0.302. The summed E-state index contributed by atoms with van der Waals surface area (Å²) in [5.41, 5.74) is 6.88. The minimum atomic E-state index is -0.751. The van der Waals surface area contributed by atoms with Crippen molar-refractivity contribution in [2.45, 2.75) is 65.0 Å². The lowest BCUT2D eigenvalue weighted by molar-refractivity contribution is 0.0248. The molecule has 3 aliphatic heterocycles. The molecule has 0 saturated carbocycles. The third kappa shape index (κ3) is 5.63. The number of nitrogens with one attached hydrogen (secondary N) is 1. The number of imide groups is 1. The standard InChI is InChI=1S/C35H40N6O5/c1-35(2,3)46-34(43)41-17-25-23(24-7-6-8-27-32(24)40-14-16-45-20-30(40)38-27)9-11-26(31(25)33(41)42)36-29-12-10-22(21-13-15-44-19-21)28(37-29)18-39(4)5/h6-12,21H,13-20H2,1-5H3,(H,36,37). The van der Waals surface area contributed by atoms with E-state index in [4.69, 9.17) is 24.2 Å². The van der Waals surface area contributed by atoms with Crippen molar-refractivity contribution < 1.29 is 23.8 Å². The summed E-state index contributed by atoms with van der Waals surface area (Å²) in [6.45, 7) is 9.35. The topological polar surface area (TPSA) is 111 Å². The van der Waals surface area contributed by atoms with Gasteiger partial charge < -0.3 is 29.0 Å². The van der Waals surface area contributed by atoms with Crippen molar-refractivity contribution in [1.29, 1.82) is 0 Å². The van der Waals surface area contributed by atoms with Crippen LogP contribution >= 0.6 is 0 Å². The number of aromatic nitrogens is 3. The Morgan fingerprint density at radius 2 is 1.91 bits per heavy atom. The zero-order valence-electron chi connectivity index (χ0n) is 27.1. The van der Waals surface area contributed by atoms with Gasteiger partial charge in [0.15, 0.2) is 0 Å². The van der Waals surface area contributed by atoms with E-state index in [9.17, 15) is 9.59 Å². The van der Waals surface area contributed by atoms with Crippen molar-refractivity contribution >= 4 is 34.5 Å². The van der Waals surface area contributed by atoms with Crippen LogP contribution in [0.1, 0.15) is 66.1 Å². The summed E-state index contributed by atoms with van der Waals surface area (Å²) in [6, 6.07) is 14.0. The Hall–Kier alpha value is -4.32. The van der Waals surface area contributed by atoms with E-state index in [0.29, 0.717) is 55.9 Å². The lowest BCUT2D eigenvalue weighted by Gasteiger charge is -2.23. The molecule has 2 aromatic carbocycles. The highest BCUT2D eigenvalue weighted by molar-refractivity contribution is 6.12. The molecule has 1 saturated heterocycles. The molecule has 4 aromatic rings. The number of fused-ring (bicyclic) bond motifs is 4. The molecule has 3 aliphatic rings. The molecule has 7 rings (SSSR count). The van der Waals surface area contributed by atoms with E-state index >= 15 is 0 Å². The quantitative estimate of drug-likeness (QED) is 0.283. The molecular weight excluding hydrogens is 584 g/mol. The fraction of sp³-hybridized carbons (Fsp3) is 0.429. The van der Waals surface area contributed by atoms with Crippen LogP contribution in [0.15, 0.2) is 42.5 Å². The minimum Gasteiger partial charge on any atom is -0.443 e. The SMILES string of the molecule is CN(C)Cc1nc(Nc2ccc(-c3cccc4nc5n(c34)CCOC5)c3c2C(=O)N(C(=O)OC(C)(C)C)C3)ccc1C1CCOC1. The van der Waals surface area contributed by atoms with Crippen LogP contribution in [-0.2, 0) is 40.5 Å². The number of pyridine rings is 1. The van der Waals surface area contributed by atoms with Crippen LogP contribution in [0.5, 0.6) is 0 Å². The molecule has 11 nitrogen and oxygen atoms in total. The predicted molar refractivity (Wildman–Crippen MR) is 174 cm³/mol. The van der Waals surface area contributed by atoms with Crippen LogP contribution in [0, 0.1) is 0 Å². The first-order valence-electron chi connectivity index (χ1n) is 15.8. The maximum absolute atomic E-state index is 14.1. The molecule has 1 unspecified atom stereocenters. The molecule has 1 atom stereocenters. The van der Waals surface area contributed by atoms with Crippen LogP contribution in [0.4, 0.5) is 16.3 Å². The highest BCUT2D eigenvalue weighted by atomic mass is 16.6. The maximum atomic E-state index is 14.1. The van der Waals surface area contributed by atoms with Crippen LogP contribution in [-0.4, -0.2) is 75.9 Å². The first-order valence-corrected chi connectivity index (χ1v) is 15.8. The lowest BCUT2D eigenvalue weighted by Crippen LogP contribution is -2.37. The van der Waals surface area contributed by atoms with E-state index in [-0.39, 0.29) is 6.54 Å². The fourth-order valence-electron chi connectivity index (χ4n) is 6.66. The average molecular weight is 625 g/mol. The van der Waals surface area contributed by atoms with E-state index in [1.165, 1.54) is 10.5 Å². The molecule has 0 aliphatic carbocycles. The molecule has 0 radical (unpaired) electrons.